The fourth-order valence-corrected chi connectivity index (χ4v) is 3.49. The lowest BCUT2D eigenvalue weighted by molar-refractivity contribution is 0.0782. The van der Waals surface area contributed by atoms with Crippen LogP contribution in [0, 0.1) is 11.3 Å². The first kappa shape index (κ1) is 13.4. The summed E-state index contributed by atoms with van der Waals surface area (Å²) >= 11 is 0. The highest BCUT2D eigenvalue weighted by Crippen LogP contribution is 2.37. The van der Waals surface area contributed by atoms with Gasteiger partial charge in [0, 0.05) is 34.6 Å². The Hall–Kier alpha value is -1.61. The molecule has 2 aromatic rings. The maximum absolute atomic E-state index is 13.0. The van der Waals surface area contributed by atoms with Crippen molar-refractivity contribution in [3.63, 3.8) is 0 Å². The second-order valence-corrected chi connectivity index (χ2v) is 6.41. The molecule has 3 rings (SSSR count). The van der Waals surface area contributed by atoms with Crippen LogP contribution < -0.4 is 5.32 Å². The number of H-pyrrole nitrogens is 1. The van der Waals surface area contributed by atoms with Crippen LogP contribution in [-0.4, -0.2) is 23.9 Å². The Bertz CT molecular complexity index is 621. The molecule has 1 aliphatic heterocycles. The van der Waals surface area contributed by atoms with Crippen molar-refractivity contribution in [3.8, 4) is 0 Å². The lowest BCUT2D eigenvalue weighted by Gasteiger charge is -2.28. The van der Waals surface area contributed by atoms with Gasteiger partial charge in [-0.2, -0.15) is 0 Å². The fraction of sp³-hybridized carbons (Fsp3) is 0.471. The third-order valence-corrected chi connectivity index (χ3v) is 4.34. The summed E-state index contributed by atoms with van der Waals surface area (Å²) in [5.41, 5.74) is 1.73. The smallest absolute Gasteiger partial charge is 0.170 e. The van der Waals surface area contributed by atoms with E-state index in [0.29, 0.717) is 11.7 Å². The standard InChI is InChI=1S/C17H22N2O/c1-12(2)10-17(6-8-18-11-17)16(20)14-3-4-15-13(9-14)5-7-19-15/h3-5,7,9,12,18-19H,6,8,10-11H2,1-2H3. The quantitative estimate of drug-likeness (QED) is 0.837. The lowest BCUT2D eigenvalue weighted by atomic mass is 9.73. The number of hydrogen-bond acceptors (Lipinski definition) is 2. The van der Waals surface area contributed by atoms with Gasteiger partial charge in [0.05, 0.1) is 0 Å². The van der Waals surface area contributed by atoms with Gasteiger partial charge in [-0.05, 0) is 49.6 Å². The minimum atomic E-state index is -0.210. The molecule has 106 valence electrons. The number of aromatic amines is 1. The molecule has 1 aromatic carbocycles. The van der Waals surface area contributed by atoms with E-state index in [1.807, 2.05) is 30.5 Å². The van der Waals surface area contributed by atoms with Gasteiger partial charge >= 0.3 is 0 Å². The molecule has 20 heavy (non-hydrogen) atoms. The van der Waals surface area contributed by atoms with E-state index in [0.717, 1.165) is 42.4 Å². The Morgan fingerprint density at radius 2 is 2.20 bits per heavy atom. The molecule has 0 radical (unpaired) electrons. The van der Waals surface area contributed by atoms with E-state index in [1.54, 1.807) is 0 Å². The Balaban J connectivity index is 1.96. The summed E-state index contributed by atoms with van der Waals surface area (Å²) in [5.74, 6) is 0.842. The molecule has 1 unspecified atom stereocenters. The van der Waals surface area contributed by atoms with Gasteiger partial charge in [-0.25, -0.2) is 0 Å². The van der Waals surface area contributed by atoms with Crippen LogP contribution in [-0.2, 0) is 0 Å². The van der Waals surface area contributed by atoms with Crippen molar-refractivity contribution in [3.05, 3.63) is 36.0 Å². The van der Waals surface area contributed by atoms with E-state index in [9.17, 15) is 4.79 Å². The summed E-state index contributed by atoms with van der Waals surface area (Å²) in [6, 6.07) is 8.01. The van der Waals surface area contributed by atoms with E-state index >= 15 is 0 Å². The van der Waals surface area contributed by atoms with Crippen LogP contribution in [0.25, 0.3) is 10.9 Å². The molecular formula is C17H22N2O. The zero-order valence-electron chi connectivity index (χ0n) is 12.2. The van der Waals surface area contributed by atoms with Gasteiger partial charge in [0.15, 0.2) is 5.78 Å². The summed E-state index contributed by atoms with van der Waals surface area (Å²) in [7, 11) is 0. The van der Waals surface area contributed by atoms with Gasteiger partial charge in [0.2, 0.25) is 0 Å². The Morgan fingerprint density at radius 3 is 2.90 bits per heavy atom. The maximum atomic E-state index is 13.0. The van der Waals surface area contributed by atoms with Crippen LogP contribution in [0.4, 0.5) is 0 Å². The Kier molecular flexibility index (Phi) is 3.38. The van der Waals surface area contributed by atoms with Crippen molar-refractivity contribution in [1.82, 2.24) is 10.3 Å². The van der Waals surface area contributed by atoms with Crippen molar-refractivity contribution in [2.45, 2.75) is 26.7 Å². The Labute approximate surface area is 119 Å². The second kappa shape index (κ2) is 5.06. The minimum absolute atomic E-state index is 0.210. The van der Waals surface area contributed by atoms with Gasteiger partial charge in [0.1, 0.15) is 0 Å². The number of carbonyl (C=O) groups excluding carboxylic acids is 1. The third-order valence-electron chi connectivity index (χ3n) is 4.34. The first-order valence-electron chi connectivity index (χ1n) is 7.43. The van der Waals surface area contributed by atoms with Gasteiger partial charge in [-0.1, -0.05) is 13.8 Å². The molecule has 3 nitrogen and oxygen atoms in total. The highest BCUT2D eigenvalue weighted by atomic mass is 16.1. The van der Waals surface area contributed by atoms with E-state index in [-0.39, 0.29) is 5.41 Å². The lowest BCUT2D eigenvalue weighted by Crippen LogP contribution is -2.35. The summed E-state index contributed by atoms with van der Waals surface area (Å²) in [4.78, 5) is 16.2. The fourth-order valence-electron chi connectivity index (χ4n) is 3.49. The molecule has 1 atom stereocenters. The number of ketones is 1. The van der Waals surface area contributed by atoms with Crippen molar-refractivity contribution in [2.75, 3.05) is 13.1 Å². The van der Waals surface area contributed by atoms with E-state index in [4.69, 9.17) is 0 Å². The van der Waals surface area contributed by atoms with Crippen molar-refractivity contribution in [2.24, 2.45) is 11.3 Å². The number of nitrogens with one attached hydrogen (secondary N) is 2. The number of Topliss-reactive ketones (excluding diaryl/α,β-unsaturated/α-hetero) is 1. The highest BCUT2D eigenvalue weighted by molar-refractivity contribution is 6.03. The molecule has 0 amide bonds. The largest absolute Gasteiger partial charge is 0.361 e. The Morgan fingerprint density at radius 1 is 1.35 bits per heavy atom. The number of carbonyl (C=O) groups is 1. The van der Waals surface area contributed by atoms with Crippen molar-refractivity contribution < 1.29 is 4.79 Å². The zero-order valence-corrected chi connectivity index (χ0v) is 12.2. The highest BCUT2D eigenvalue weighted by Gasteiger charge is 2.41. The van der Waals surface area contributed by atoms with Crippen LogP contribution in [0.15, 0.2) is 30.5 Å². The maximum Gasteiger partial charge on any atom is 0.170 e. The number of rotatable bonds is 4. The zero-order chi connectivity index (χ0) is 14.2. The summed E-state index contributed by atoms with van der Waals surface area (Å²) in [5, 5.41) is 4.49. The number of hydrogen-bond donors (Lipinski definition) is 2. The van der Waals surface area contributed by atoms with E-state index in [1.165, 1.54) is 0 Å². The van der Waals surface area contributed by atoms with Crippen molar-refractivity contribution >= 4 is 16.7 Å². The van der Waals surface area contributed by atoms with Crippen LogP contribution in [0.1, 0.15) is 37.0 Å². The third kappa shape index (κ3) is 2.27. The molecule has 1 fully saturated rings. The molecule has 0 spiro atoms. The van der Waals surface area contributed by atoms with Crippen molar-refractivity contribution in [1.29, 1.82) is 0 Å². The van der Waals surface area contributed by atoms with Crippen LogP contribution in [0.2, 0.25) is 0 Å². The molecular weight excluding hydrogens is 248 g/mol. The molecule has 0 aliphatic carbocycles. The van der Waals surface area contributed by atoms with Crippen LogP contribution >= 0.6 is 0 Å². The van der Waals surface area contributed by atoms with Gasteiger partial charge in [-0.15, -0.1) is 0 Å². The molecule has 0 saturated carbocycles. The minimum Gasteiger partial charge on any atom is -0.361 e. The first-order chi connectivity index (χ1) is 9.61. The average Bonchev–Trinajstić information content (AvgIpc) is 3.05. The summed E-state index contributed by atoms with van der Waals surface area (Å²) in [6.07, 6.45) is 3.83. The number of benzene rings is 1. The monoisotopic (exact) mass is 270 g/mol. The summed E-state index contributed by atoms with van der Waals surface area (Å²) < 4.78 is 0. The predicted molar refractivity (Wildman–Crippen MR) is 82.0 cm³/mol. The molecule has 3 heteroatoms. The van der Waals surface area contributed by atoms with Gasteiger partial charge in [0.25, 0.3) is 0 Å². The van der Waals surface area contributed by atoms with Gasteiger partial charge < -0.3 is 10.3 Å². The predicted octanol–water partition coefficient (Wildman–Crippen LogP) is 3.38. The second-order valence-electron chi connectivity index (χ2n) is 6.41. The molecule has 0 bridgehead atoms. The molecule has 1 aliphatic rings. The summed E-state index contributed by atoms with van der Waals surface area (Å²) in [6.45, 7) is 6.16. The molecule has 1 aromatic heterocycles. The molecule has 1 saturated heterocycles. The molecule has 2 heterocycles. The molecule has 2 N–H and O–H groups in total. The normalized spacial score (nSPS) is 22.8. The number of aromatic nitrogens is 1. The SMILES string of the molecule is CC(C)CC1(C(=O)c2ccc3[nH]ccc3c2)CCNC1. The number of fused-ring (bicyclic) bond motifs is 1. The van der Waals surface area contributed by atoms with Gasteiger partial charge in [-0.3, -0.25) is 4.79 Å². The topological polar surface area (TPSA) is 44.9 Å². The van der Waals surface area contributed by atoms with Crippen LogP contribution in [0.3, 0.4) is 0 Å². The first-order valence-corrected chi connectivity index (χ1v) is 7.43. The van der Waals surface area contributed by atoms with Crippen LogP contribution in [0.5, 0.6) is 0 Å². The van der Waals surface area contributed by atoms with E-state index < -0.39 is 0 Å². The van der Waals surface area contributed by atoms with E-state index in [2.05, 4.69) is 24.1 Å². The average molecular weight is 270 g/mol.